The van der Waals surface area contributed by atoms with E-state index in [4.69, 9.17) is 4.74 Å². The Hall–Kier alpha value is -1.74. The van der Waals surface area contributed by atoms with E-state index in [9.17, 15) is 4.79 Å². The predicted molar refractivity (Wildman–Crippen MR) is 74.4 cm³/mol. The Balaban J connectivity index is 2.15. The molecule has 2 aromatic carbocycles. The molecular weight excluding hydrogens is 244 g/mol. The van der Waals surface area contributed by atoms with Crippen molar-refractivity contribution in [3.05, 3.63) is 59.7 Å². The number of benzene rings is 2. The largest absolute Gasteiger partial charge is 0.496 e. The summed E-state index contributed by atoms with van der Waals surface area (Å²) in [6.45, 7) is 0. The van der Waals surface area contributed by atoms with Crippen molar-refractivity contribution < 1.29 is 9.53 Å². The average molecular weight is 258 g/mol. The summed E-state index contributed by atoms with van der Waals surface area (Å²) < 4.78 is 5.30. The summed E-state index contributed by atoms with van der Waals surface area (Å²) >= 11 is 1.67. The predicted octanol–water partition coefficient (Wildman–Crippen LogP) is 3.80. The van der Waals surface area contributed by atoms with Gasteiger partial charge < -0.3 is 4.74 Å². The van der Waals surface area contributed by atoms with Crippen LogP contribution in [0.5, 0.6) is 5.75 Å². The molecule has 18 heavy (non-hydrogen) atoms. The molecule has 0 aliphatic rings. The first-order valence-corrected chi connectivity index (χ1v) is 6.62. The molecule has 0 aliphatic heterocycles. The van der Waals surface area contributed by atoms with Crippen LogP contribution in [0.25, 0.3) is 0 Å². The molecule has 3 heteroatoms. The van der Waals surface area contributed by atoms with Gasteiger partial charge in [0.15, 0.2) is 0 Å². The summed E-state index contributed by atoms with van der Waals surface area (Å²) in [6.07, 6.45) is 0.853. The zero-order chi connectivity index (χ0) is 12.8. The second-order valence-electron chi connectivity index (χ2n) is 3.80. The van der Waals surface area contributed by atoms with Crippen LogP contribution >= 0.6 is 11.8 Å². The Kier molecular flexibility index (Phi) is 4.42. The lowest BCUT2D eigenvalue weighted by atomic mass is 10.2. The lowest BCUT2D eigenvalue weighted by molar-refractivity contribution is 0.112. The minimum atomic E-state index is 0.673. The zero-order valence-electron chi connectivity index (χ0n) is 10.1. The molecule has 2 aromatic rings. The molecule has 0 N–H and O–H groups in total. The smallest absolute Gasteiger partial charge is 0.150 e. The number of ether oxygens (including phenoxy) is 1. The van der Waals surface area contributed by atoms with Crippen molar-refractivity contribution in [2.75, 3.05) is 7.11 Å². The molecule has 0 bridgehead atoms. The van der Waals surface area contributed by atoms with Gasteiger partial charge >= 0.3 is 0 Å². The fourth-order valence-electron chi connectivity index (χ4n) is 1.61. The van der Waals surface area contributed by atoms with Gasteiger partial charge in [0.05, 0.1) is 12.0 Å². The van der Waals surface area contributed by atoms with Crippen LogP contribution in [0, 0.1) is 0 Å². The summed E-state index contributed by atoms with van der Waals surface area (Å²) in [5.41, 5.74) is 1.92. The van der Waals surface area contributed by atoms with Crippen LogP contribution < -0.4 is 4.74 Å². The van der Waals surface area contributed by atoms with E-state index in [0.29, 0.717) is 5.56 Å². The monoisotopic (exact) mass is 258 g/mol. The standard InChI is InChI=1S/C15H14O2S/c1-17-14-8-7-13(10-16)9-15(14)18-11-12-5-3-2-4-6-12/h2-10H,11H2,1H3. The van der Waals surface area contributed by atoms with Crippen molar-refractivity contribution in [2.45, 2.75) is 10.6 Å². The van der Waals surface area contributed by atoms with E-state index in [-0.39, 0.29) is 0 Å². The van der Waals surface area contributed by atoms with Gasteiger partial charge in [0.2, 0.25) is 0 Å². The van der Waals surface area contributed by atoms with E-state index >= 15 is 0 Å². The van der Waals surface area contributed by atoms with Crippen LogP contribution in [-0.2, 0) is 5.75 Å². The molecule has 0 unspecified atom stereocenters. The maximum Gasteiger partial charge on any atom is 0.150 e. The molecular formula is C15H14O2S. The Labute approximate surface area is 111 Å². The van der Waals surface area contributed by atoms with Gasteiger partial charge in [-0.1, -0.05) is 30.3 Å². The Bertz CT molecular complexity index is 523. The van der Waals surface area contributed by atoms with Crippen LogP contribution in [0.4, 0.5) is 0 Å². The van der Waals surface area contributed by atoms with Gasteiger partial charge in [0.1, 0.15) is 12.0 Å². The maximum atomic E-state index is 10.8. The third-order valence-corrected chi connectivity index (χ3v) is 3.67. The van der Waals surface area contributed by atoms with Crippen LogP contribution in [0.1, 0.15) is 15.9 Å². The van der Waals surface area contributed by atoms with E-state index in [2.05, 4.69) is 12.1 Å². The van der Waals surface area contributed by atoms with Gasteiger partial charge in [-0.3, -0.25) is 4.79 Å². The third kappa shape index (κ3) is 3.14. The van der Waals surface area contributed by atoms with Crippen molar-refractivity contribution in [3.8, 4) is 5.75 Å². The average Bonchev–Trinajstić information content (AvgIpc) is 2.45. The number of carbonyl (C=O) groups excluding carboxylic acids is 1. The first-order chi connectivity index (χ1) is 8.83. The number of rotatable bonds is 5. The van der Waals surface area contributed by atoms with E-state index < -0.39 is 0 Å². The lowest BCUT2D eigenvalue weighted by Gasteiger charge is -2.08. The summed E-state index contributed by atoms with van der Waals surface area (Å²) in [5.74, 6) is 1.67. The number of hydrogen-bond acceptors (Lipinski definition) is 3. The Morgan fingerprint density at radius 1 is 1.17 bits per heavy atom. The van der Waals surface area contributed by atoms with E-state index in [1.807, 2.05) is 30.3 Å². The summed E-state index contributed by atoms with van der Waals surface area (Å²) in [4.78, 5) is 11.8. The fraction of sp³-hybridized carbons (Fsp3) is 0.133. The van der Waals surface area contributed by atoms with Crippen LogP contribution in [0.15, 0.2) is 53.4 Å². The highest BCUT2D eigenvalue weighted by Crippen LogP contribution is 2.32. The number of methoxy groups -OCH3 is 1. The van der Waals surface area contributed by atoms with Gasteiger partial charge in [-0.15, -0.1) is 11.8 Å². The summed E-state index contributed by atoms with van der Waals surface area (Å²) in [7, 11) is 1.64. The highest BCUT2D eigenvalue weighted by atomic mass is 32.2. The second-order valence-corrected chi connectivity index (χ2v) is 4.82. The highest BCUT2D eigenvalue weighted by molar-refractivity contribution is 7.98. The van der Waals surface area contributed by atoms with Crippen molar-refractivity contribution in [1.82, 2.24) is 0 Å². The van der Waals surface area contributed by atoms with Gasteiger partial charge in [0, 0.05) is 11.3 Å². The van der Waals surface area contributed by atoms with Crippen molar-refractivity contribution in [1.29, 1.82) is 0 Å². The molecule has 0 saturated heterocycles. The third-order valence-electron chi connectivity index (χ3n) is 2.56. The van der Waals surface area contributed by atoms with Crippen molar-refractivity contribution in [2.24, 2.45) is 0 Å². The van der Waals surface area contributed by atoms with E-state index in [1.54, 1.807) is 24.9 Å². The quantitative estimate of drug-likeness (QED) is 0.602. The van der Waals surface area contributed by atoms with Crippen LogP contribution in [0.3, 0.4) is 0 Å². The topological polar surface area (TPSA) is 26.3 Å². The Morgan fingerprint density at radius 3 is 2.61 bits per heavy atom. The lowest BCUT2D eigenvalue weighted by Crippen LogP contribution is -1.89. The maximum absolute atomic E-state index is 10.8. The molecule has 0 fully saturated rings. The first kappa shape index (κ1) is 12.7. The number of hydrogen-bond donors (Lipinski definition) is 0. The first-order valence-electron chi connectivity index (χ1n) is 5.63. The minimum Gasteiger partial charge on any atom is -0.496 e. The van der Waals surface area contributed by atoms with Gasteiger partial charge in [-0.2, -0.15) is 0 Å². The minimum absolute atomic E-state index is 0.673. The van der Waals surface area contributed by atoms with Crippen molar-refractivity contribution in [3.63, 3.8) is 0 Å². The summed E-state index contributed by atoms with van der Waals surface area (Å²) in [6, 6.07) is 15.7. The normalized spacial score (nSPS) is 10.1. The fourth-order valence-corrected chi connectivity index (χ4v) is 2.64. The molecule has 92 valence electrons. The molecule has 0 atom stereocenters. The van der Waals surface area contributed by atoms with Gasteiger partial charge in [-0.05, 0) is 23.8 Å². The summed E-state index contributed by atoms with van der Waals surface area (Å²) in [5, 5.41) is 0. The second kappa shape index (κ2) is 6.26. The molecule has 0 spiro atoms. The van der Waals surface area contributed by atoms with E-state index in [1.165, 1.54) is 5.56 Å². The molecule has 0 aromatic heterocycles. The number of carbonyl (C=O) groups is 1. The number of aldehydes is 1. The molecule has 0 aliphatic carbocycles. The molecule has 2 nitrogen and oxygen atoms in total. The SMILES string of the molecule is COc1ccc(C=O)cc1SCc1ccccc1. The zero-order valence-corrected chi connectivity index (χ0v) is 10.9. The molecule has 0 heterocycles. The molecule has 2 rings (SSSR count). The molecule has 0 amide bonds. The number of thioether (sulfide) groups is 1. The molecule has 0 saturated carbocycles. The van der Waals surface area contributed by atoms with Crippen LogP contribution in [0.2, 0.25) is 0 Å². The van der Waals surface area contributed by atoms with E-state index in [0.717, 1.165) is 22.7 Å². The van der Waals surface area contributed by atoms with Gasteiger partial charge in [0.25, 0.3) is 0 Å². The Morgan fingerprint density at radius 2 is 1.94 bits per heavy atom. The molecule has 0 radical (unpaired) electrons. The van der Waals surface area contributed by atoms with Crippen molar-refractivity contribution >= 4 is 18.0 Å². The van der Waals surface area contributed by atoms with Crippen LogP contribution in [-0.4, -0.2) is 13.4 Å². The highest BCUT2D eigenvalue weighted by Gasteiger charge is 2.05. The van der Waals surface area contributed by atoms with Gasteiger partial charge in [-0.25, -0.2) is 0 Å².